The number of halogens is 2. The second-order valence-electron chi connectivity index (χ2n) is 5.19. The molecule has 2 aromatic rings. The highest BCUT2D eigenvalue weighted by Crippen LogP contribution is 2.24. The van der Waals surface area contributed by atoms with Crippen LogP contribution in [0.1, 0.15) is 22.8 Å². The average molecular weight is 382 g/mol. The predicted molar refractivity (Wildman–Crippen MR) is 97.0 cm³/mol. The van der Waals surface area contributed by atoms with E-state index in [1.54, 1.807) is 31.2 Å². The lowest BCUT2D eigenvalue weighted by molar-refractivity contribution is -0.144. The number of anilines is 1. The molecule has 0 saturated carbocycles. The maximum absolute atomic E-state index is 12.3. The minimum absolute atomic E-state index is 0.159. The number of nitrogens with two attached hydrogens (primary N) is 1. The second kappa shape index (κ2) is 8.80. The van der Waals surface area contributed by atoms with Crippen molar-refractivity contribution in [2.24, 2.45) is 5.73 Å². The van der Waals surface area contributed by atoms with Crippen LogP contribution in [0, 0.1) is 0 Å². The van der Waals surface area contributed by atoms with Crippen LogP contribution < -0.4 is 11.1 Å². The van der Waals surface area contributed by atoms with Crippen molar-refractivity contribution in [1.82, 2.24) is 4.98 Å². The summed E-state index contributed by atoms with van der Waals surface area (Å²) in [4.78, 5) is 27.6. The van der Waals surface area contributed by atoms with Crippen LogP contribution in [-0.4, -0.2) is 29.5 Å². The smallest absolute Gasteiger partial charge is 0.323 e. The summed E-state index contributed by atoms with van der Waals surface area (Å²) < 4.78 is 4.87. The van der Waals surface area contributed by atoms with Crippen LogP contribution in [0.15, 0.2) is 36.7 Å². The lowest BCUT2D eigenvalue weighted by Gasteiger charge is -2.11. The highest BCUT2D eigenvalue weighted by Gasteiger charge is 2.17. The summed E-state index contributed by atoms with van der Waals surface area (Å²) in [6.07, 6.45) is 3.04. The van der Waals surface area contributed by atoms with Crippen LogP contribution in [-0.2, 0) is 16.0 Å². The van der Waals surface area contributed by atoms with Gasteiger partial charge in [0.25, 0.3) is 5.91 Å². The molecule has 0 bridgehead atoms. The number of amides is 1. The van der Waals surface area contributed by atoms with E-state index >= 15 is 0 Å². The van der Waals surface area contributed by atoms with Gasteiger partial charge in [-0.15, -0.1) is 0 Å². The Labute approximate surface area is 155 Å². The van der Waals surface area contributed by atoms with E-state index in [4.69, 9.17) is 33.7 Å². The first-order valence-corrected chi connectivity index (χ1v) is 8.29. The molecule has 3 N–H and O–H groups in total. The van der Waals surface area contributed by atoms with E-state index in [2.05, 4.69) is 10.3 Å². The van der Waals surface area contributed by atoms with E-state index in [0.29, 0.717) is 12.1 Å². The number of hydrogen-bond donors (Lipinski definition) is 2. The third-order valence-electron chi connectivity index (χ3n) is 3.34. The van der Waals surface area contributed by atoms with E-state index < -0.39 is 17.9 Å². The van der Waals surface area contributed by atoms with Gasteiger partial charge in [0, 0.05) is 18.1 Å². The Morgan fingerprint density at radius 2 is 1.80 bits per heavy atom. The van der Waals surface area contributed by atoms with Gasteiger partial charge in [0.15, 0.2) is 0 Å². The van der Waals surface area contributed by atoms with Crippen molar-refractivity contribution in [2.45, 2.75) is 19.4 Å². The summed E-state index contributed by atoms with van der Waals surface area (Å²) >= 11 is 11.9. The molecule has 1 atom stereocenters. The third-order valence-corrected chi connectivity index (χ3v) is 3.91. The quantitative estimate of drug-likeness (QED) is 0.749. The molecule has 0 saturated heterocycles. The van der Waals surface area contributed by atoms with Gasteiger partial charge in [0.1, 0.15) is 6.04 Å². The van der Waals surface area contributed by atoms with Crippen molar-refractivity contribution in [3.8, 4) is 0 Å². The van der Waals surface area contributed by atoms with Gasteiger partial charge in [-0.2, -0.15) is 0 Å². The first-order valence-electron chi connectivity index (χ1n) is 7.54. The predicted octanol–water partition coefficient (Wildman–Crippen LogP) is 3.07. The molecule has 0 fully saturated rings. The van der Waals surface area contributed by atoms with E-state index in [-0.39, 0.29) is 22.2 Å². The van der Waals surface area contributed by atoms with Gasteiger partial charge in [-0.1, -0.05) is 35.3 Å². The molecule has 1 heterocycles. The van der Waals surface area contributed by atoms with Crippen LogP contribution >= 0.6 is 23.2 Å². The number of benzene rings is 1. The molecule has 6 nitrogen and oxygen atoms in total. The molecule has 1 amide bonds. The van der Waals surface area contributed by atoms with E-state index in [1.807, 2.05) is 0 Å². The summed E-state index contributed by atoms with van der Waals surface area (Å²) in [5.74, 6) is -0.879. The summed E-state index contributed by atoms with van der Waals surface area (Å²) in [5.41, 5.74) is 7.35. The fourth-order valence-electron chi connectivity index (χ4n) is 2.13. The van der Waals surface area contributed by atoms with Crippen molar-refractivity contribution in [3.63, 3.8) is 0 Å². The summed E-state index contributed by atoms with van der Waals surface area (Å²) in [5, 5.41) is 3.04. The Bertz CT molecular complexity index is 746. The number of aromatic nitrogens is 1. The summed E-state index contributed by atoms with van der Waals surface area (Å²) in [6, 6.07) is 6.21. The largest absolute Gasteiger partial charge is 0.465 e. The van der Waals surface area contributed by atoms with Crippen molar-refractivity contribution >= 4 is 40.8 Å². The molecule has 25 heavy (non-hydrogen) atoms. The van der Waals surface area contributed by atoms with Gasteiger partial charge >= 0.3 is 5.97 Å². The number of nitrogens with one attached hydrogen (secondary N) is 1. The van der Waals surface area contributed by atoms with Gasteiger partial charge in [0.05, 0.1) is 22.2 Å². The van der Waals surface area contributed by atoms with Crippen LogP contribution in [0.5, 0.6) is 0 Å². The molecule has 8 heteroatoms. The summed E-state index contributed by atoms with van der Waals surface area (Å²) in [7, 11) is 0. The summed E-state index contributed by atoms with van der Waals surface area (Å²) in [6.45, 7) is 2.01. The SMILES string of the molecule is CCOC(=O)[C@@H](N)Cc1ccc(NC(=O)c2c(Cl)cncc2Cl)cc1. The normalized spacial score (nSPS) is 11.7. The van der Waals surface area contributed by atoms with Crippen molar-refractivity contribution in [1.29, 1.82) is 0 Å². The molecule has 0 aliphatic heterocycles. The lowest BCUT2D eigenvalue weighted by atomic mass is 10.1. The Morgan fingerprint density at radius 3 is 2.36 bits per heavy atom. The third kappa shape index (κ3) is 5.16. The molecule has 2 rings (SSSR count). The number of hydrogen-bond acceptors (Lipinski definition) is 5. The number of carbonyl (C=O) groups excluding carboxylic acids is 2. The minimum atomic E-state index is -0.727. The van der Waals surface area contributed by atoms with E-state index in [1.165, 1.54) is 12.4 Å². The zero-order valence-corrected chi connectivity index (χ0v) is 15.0. The standard InChI is InChI=1S/C17H17Cl2N3O3/c1-2-25-17(24)14(20)7-10-3-5-11(6-4-10)22-16(23)15-12(18)8-21-9-13(15)19/h3-6,8-9,14H,2,7,20H2,1H3,(H,22,23)/t14-/m0/s1. The van der Waals surface area contributed by atoms with Gasteiger partial charge < -0.3 is 15.8 Å². The number of nitrogens with zero attached hydrogens (tertiary/aromatic N) is 1. The second-order valence-corrected chi connectivity index (χ2v) is 6.01. The zero-order chi connectivity index (χ0) is 18.4. The monoisotopic (exact) mass is 381 g/mol. The van der Waals surface area contributed by atoms with Gasteiger partial charge in [-0.05, 0) is 31.0 Å². The molecule has 0 radical (unpaired) electrons. The molecular weight excluding hydrogens is 365 g/mol. The Hall–Kier alpha value is -2.15. The van der Waals surface area contributed by atoms with Crippen LogP contribution in [0.4, 0.5) is 5.69 Å². The Balaban J connectivity index is 2.03. The van der Waals surface area contributed by atoms with Crippen molar-refractivity contribution in [3.05, 3.63) is 57.8 Å². The zero-order valence-electron chi connectivity index (χ0n) is 13.5. The van der Waals surface area contributed by atoms with Crippen LogP contribution in [0.2, 0.25) is 10.0 Å². The average Bonchev–Trinajstić information content (AvgIpc) is 2.56. The molecule has 0 unspecified atom stereocenters. The lowest BCUT2D eigenvalue weighted by Crippen LogP contribution is -2.34. The van der Waals surface area contributed by atoms with Crippen LogP contribution in [0.25, 0.3) is 0 Å². The molecule has 0 aliphatic rings. The van der Waals surface area contributed by atoms with Crippen molar-refractivity contribution < 1.29 is 14.3 Å². The highest BCUT2D eigenvalue weighted by molar-refractivity contribution is 6.40. The number of pyridine rings is 1. The van der Waals surface area contributed by atoms with Gasteiger partial charge in [-0.25, -0.2) is 0 Å². The Kier molecular flexibility index (Phi) is 6.75. The molecule has 1 aromatic carbocycles. The fraction of sp³-hybridized carbons (Fsp3) is 0.235. The highest BCUT2D eigenvalue weighted by atomic mass is 35.5. The minimum Gasteiger partial charge on any atom is -0.465 e. The molecule has 0 aliphatic carbocycles. The van der Waals surface area contributed by atoms with Gasteiger partial charge in [0.2, 0.25) is 0 Å². The van der Waals surface area contributed by atoms with Crippen LogP contribution in [0.3, 0.4) is 0 Å². The van der Waals surface area contributed by atoms with E-state index in [0.717, 1.165) is 5.56 Å². The molecule has 132 valence electrons. The number of ether oxygens (including phenoxy) is 1. The first kappa shape index (κ1) is 19.2. The van der Waals surface area contributed by atoms with Crippen molar-refractivity contribution in [2.75, 3.05) is 11.9 Å². The van der Waals surface area contributed by atoms with E-state index in [9.17, 15) is 9.59 Å². The topological polar surface area (TPSA) is 94.3 Å². The fourth-order valence-corrected chi connectivity index (χ4v) is 2.67. The Morgan fingerprint density at radius 1 is 1.20 bits per heavy atom. The maximum atomic E-state index is 12.3. The molecule has 1 aromatic heterocycles. The number of esters is 1. The number of rotatable bonds is 6. The molecule has 0 spiro atoms. The number of carbonyl (C=O) groups is 2. The maximum Gasteiger partial charge on any atom is 0.323 e. The first-order chi connectivity index (χ1) is 11.9. The molecular formula is C17H17Cl2N3O3. The van der Waals surface area contributed by atoms with Gasteiger partial charge in [-0.3, -0.25) is 14.6 Å².